The van der Waals surface area contributed by atoms with Crippen molar-refractivity contribution in [3.05, 3.63) is 23.8 Å². The lowest BCUT2D eigenvalue weighted by Crippen LogP contribution is -2.15. The Balaban J connectivity index is 2.97. The second kappa shape index (κ2) is 5.22. The summed E-state index contributed by atoms with van der Waals surface area (Å²) in [6, 6.07) is 7.86. The Morgan fingerprint density at radius 1 is 1.31 bits per heavy atom. The molecule has 0 N–H and O–H groups in total. The minimum Gasteiger partial charge on any atom is -0.493 e. The third kappa shape index (κ3) is 3.14. The van der Waals surface area contributed by atoms with Crippen molar-refractivity contribution in [3.8, 4) is 17.6 Å². The van der Waals surface area contributed by atoms with Crippen LogP contribution in [0.2, 0.25) is 0 Å². The van der Waals surface area contributed by atoms with Crippen LogP contribution in [0.25, 0.3) is 0 Å². The van der Waals surface area contributed by atoms with Crippen molar-refractivity contribution in [2.75, 3.05) is 14.2 Å². The summed E-state index contributed by atoms with van der Waals surface area (Å²) in [7, 11) is 3.20. The minimum atomic E-state index is -0.549. The topological polar surface area (TPSA) is 42.2 Å². The molecule has 0 aliphatic heterocycles. The zero-order valence-corrected chi connectivity index (χ0v) is 11.2. The van der Waals surface area contributed by atoms with Gasteiger partial charge in [0.1, 0.15) is 4.32 Å². The van der Waals surface area contributed by atoms with Crippen LogP contribution in [0.4, 0.5) is 0 Å². The molecule has 0 saturated carbocycles. The molecule has 0 aliphatic rings. The van der Waals surface area contributed by atoms with Crippen molar-refractivity contribution in [2.24, 2.45) is 0 Å². The molecule has 1 aromatic rings. The van der Waals surface area contributed by atoms with E-state index in [2.05, 4.69) is 22.0 Å². The Kier molecular flexibility index (Phi) is 4.19. The third-order valence-corrected chi connectivity index (χ3v) is 2.67. The lowest BCUT2D eigenvalue weighted by molar-refractivity contribution is 0.354. The first-order chi connectivity index (χ1) is 7.52. The van der Waals surface area contributed by atoms with Crippen LogP contribution >= 0.6 is 15.9 Å². The number of hydrogen-bond donors (Lipinski definition) is 0. The molecule has 0 saturated heterocycles. The van der Waals surface area contributed by atoms with E-state index in [9.17, 15) is 0 Å². The van der Waals surface area contributed by atoms with E-state index in [1.807, 2.05) is 25.1 Å². The Bertz CT molecular complexity index is 410. The molecule has 4 heteroatoms. The number of nitrogens with zero attached hydrogens (tertiary/aromatic N) is 1. The highest BCUT2D eigenvalue weighted by Crippen LogP contribution is 2.30. The van der Waals surface area contributed by atoms with Crippen LogP contribution in [0.5, 0.6) is 11.5 Å². The fourth-order valence-corrected chi connectivity index (χ4v) is 1.74. The molecular weight excluding hydrogens is 270 g/mol. The maximum absolute atomic E-state index is 8.93. The van der Waals surface area contributed by atoms with Crippen LogP contribution in [0.1, 0.15) is 12.5 Å². The number of methoxy groups -OCH3 is 2. The lowest BCUT2D eigenvalue weighted by atomic mass is 10.0. The predicted molar refractivity (Wildman–Crippen MR) is 66.2 cm³/mol. The second-order valence-corrected chi connectivity index (χ2v) is 5.43. The average Bonchev–Trinajstić information content (AvgIpc) is 2.28. The average molecular weight is 284 g/mol. The number of alkyl halides is 1. The molecule has 0 heterocycles. The quantitative estimate of drug-likeness (QED) is 0.798. The Hall–Kier alpha value is -1.21. The Morgan fingerprint density at radius 3 is 2.44 bits per heavy atom. The van der Waals surface area contributed by atoms with Crippen molar-refractivity contribution in [1.29, 1.82) is 5.26 Å². The maximum atomic E-state index is 8.93. The molecule has 0 bridgehead atoms. The van der Waals surface area contributed by atoms with Crippen LogP contribution in [-0.2, 0) is 6.42 Å². The smallest absolute Gasteiger partial charge is 0.160 e. The van der Waals surface area contributed by atoms with E-state index in [-0.39, 0.29) is 0 Å². The molecule has 0 spiro atoms. The first kappa shape index (κ1) is 12.9. The summed E-state index contributed by atoms with van der Waals surface area (Å²) in [4.78, 5) is 0. The van der Waals surface area contributed by atoms with Crippen LogP contribution in [-0.4, -0.2) is 18.5 Å². The van der Waals surface area contributed by atoms with E-state index in [1.165, 1.54) is 0 Å². The highest BCUT2D eigenvalue weighted by molar-refractivity contribution is 9.10. The highest BCUT2D eigenvalue weighted by atomic mass is 79.9. The normalized spacial score (nSPS) is 13.7. The highest BCUT2D eigenvalue weighted by Gasteiger charge is 2.20. The lowest BCUT2D eigenvalue weighted by Gasteiger charge is -2.14. The second-order valence-electron chi connectivity index (χ2n) is 3.68. The van der Waals surface area contributed by atoms with Crippen molar-refractivity contribution in [2.45, 2.75) is 17.7 Å². The van der Waals surface area contributed by atoms with Gasteiger partial charge in [0.05, 0.1) is 20.3 Å². The van der Waals surface area contributed by atoms with Gasteiger partial charge in [-0.1, -0.05) is 22.0 Å². The summed E-state index contributed by atoms with van der Waals surface area (Å²) in [6.45, 7) is 1.84. The number of benzene rings is 1. The fourth-order valence-electron chi connectivity index (χ4n) is 1.41. The number of hydrogen-bond acceptors (Lipinski definition) is 3. The molecule has 1 rings (SSSR count). The standard InChI is InChI=1S/C12H14BrNO2/c1-12(13,8-14)7-9-4-5-10(15-2)11(6-9)16-3/h4-6H,7H2,1-3H3. The predicted octanol–water partition coefficient (Wildman–Crippen LogP) is 2.92. The van der Waals surface area contributed by atoms with E-state index in [4.69, 9.17) is 14.7 Å². The van der Waals surface area contributed by atoms with E-state index in [0.29, 0.717) is 17.9 Å². The van der Waals surface area contributed by atoms with Crippen molar-refractivity contribution >= 4 is 15.9 Å². The van der Waals surface area contributed by atoms with Crippen LogP contribution in [0.15, 0.2) is 18.2 Å². The zero-order valence-electron chi connectivity index (χ0n) is 9.58. The van der Waals surface area contributed by atoms with Gasteiger partial charge in [-0.3, -0.25) is 0 Å². The van der Waals surface area contributed by atoms with Gasteiger partial charge >= 0.3 is 0 Å². The van der Waals surface area contributed by atoms with Gasteiger partial charge < -0.3 is 9.47 Å². The minimum absolute atomic E-state index is 0.549. The molecule has 1 aromatic carbocycles. The Morgan fingerprint density at radius 2 is 1.94 bits per heavy atom. The summed E-state index contributed by atoms with van der Waals surface area (Å²) in [5.74, 6) is 1.38. The third-order valence-electron chi connectivity index (χ3n) is 2.22. The number of ether oxygens (including phenoxy) is 2. The first-order valence-electron chi connectivity index (χ1n) is 4.83. The molecule has 1 atom stereocenters. The van der Waals surface area contributed by atoms with Gasteiger partial charge in [0.15, 0.2) is 11.5 Å². The molecule has 0 fully saturated rings. The fraction of sp³-hybridized carbons (Fsp3) is 0.417. The van der Waals surface area contributed by atoms with Crippen molar-refractivity contribution in [1.82, 2.24) is 0 Å². The van der Waals surface area contributed by atoms with Gasteiger partial charge in [-0.2, -0.15) is 5.26 Å². The van der Waals surface area contributed by atoms with Crippen LogP contribution < -0.4 is 9.47 Å². The molecule has 0 amide bonds. The summed E-state index contributed by atoms with van der Waals surface area (Å²) in [6.07, 6.45) is 0.615. The van der Waals surface area contributed by atoms with Gasteiger partial charge in [0, 0.05) is 6.42 Å². The van der Waals surface area contributed by atoms with Crippen LogP contribution in [0.3, 0.4) is 0 Å². The molecule has 0 radical (unpaired) electrons. The maximum Gasteiger partial charge on any atom is 0.160 e. The summed E-state index contributed by atoms with van der Waals surface area (Å²) in [5.41, 5.74) is 1.03. The number of halogens is 1. The number of nitriles is 1. The molecule has 0 aromatic heterocycles. The van der Waals surface area contributed by atoms with Crippen molar-refractivity contribution in [3.63, 3.8) is 0 Å². The zero-order chi connectivity index (χ0) is 12.2. The van der Waals surface area contributed by atoms with E-state index in [1.54, 1.807) is 14.2 Å². The summed E-state index contributed by atoms with van der Waals surface area (Å²) >= 11 is 3.37. The molecule has 86 valence electrons. The van der Waals surface area contributed by atoms with Gasteiger partial charge in [-0.05, 0) is 24.6 Å². The van der Waals surface area contributed by atoms with Crippen molar-refractivity contribution < 1.29 is 9.47 Å². The largest absolute Gasteiger partial charge is 0.493 e. The summed E-state index contributed by atoms with van der Waals surface area (Å²) < 4.78 is 9.80. The van der Waals surface area contributed by atoms with E-state index >= 15 is 0 Å². The first-order valence-corrected chi connectivity index (χ1v) is 5.63. The SMILES string of the molecule is COc1ccc(CC(C)(Br)C#N)cc1OC. The van der Waals surface area contributed by atoms with Gasteiger partial charge in [0.2, 0.25) is 0 Å². The van der Waals surface area contributed by atoms with E-state index < -0.39 is 4.32 Å². The molecule has 16 heavy (non-hydrogen) atoms. The van der Waals surface area contributed by atoms with E-state index in [0.717, 1.165) is 5.56 Å². The molecule has 3 nitrogen and oxygen atoms in total. The van der Waals surface area contributed by atoms with Gasteiger partial charge in [-0.15, -0.1) is 0 Å². The Labute approximate surface area is 104 Å². The monoisotopic (exact) mass is 283 g/mol. The molecule has 1 unspecified atom stereocenters. The number of rotatable bonds is 4. The van der Waals surface area contributed by atoms with Gasteiger partial charge in [0.25, 0.3) is 0 Å². The van der Waals surface area contributed by atoms with Gasteiger partial charge in [-0.25, -0.2) is 0 Å². The molecular formula is C12H14BrNO2. The molecule has 0 aliphatic carbocycles. The van der Waals surface area contributed by atoms with Crippen LogP contribution in [0, 0.1) is 11.3 Å². The summed E-state index contributed by atoms with van der Waals surface area (Å²) in [5, 5.41) is 8.93.